The van der Waals surface area contributed by atoms with E-state index in [-0.39, 0.29) is 0 Å². The van der Waals surface area contributed by atoms with Crippen LogP contribution < -0.4 is 15.8 Å². The molecule has 1 aromatic rings. The largest absolute Gasteiger partial charge is 0.497 e. The van der Waals surface area contributed by atoms with E-state index < -0.39 is 23.6 Å². The molecule has 0 aromatic heterocycles. The number of rotatable bonds is 4. The van der Waals surface area contributed by atoms with Crippen LogP contribution in [0.3, 0.4) is 0 Å². The quantitative estimate of drug-likeness (QED) is 0.880. The van der Waals surface area contributed by atoms with Crippen molar-refractivity contribution in [2.24, 2.45) is 5.73 Å². The summed E-state index contributed by atoms with van der Waals surface area (Å²) in [4.78, 5) is 23.3. The van der Waals surface area contributed by atoms with Crippen LogP contribution in [-0.4, -0.2) is 30.8 Å². The Labute approximate surface area is 124 Å². The van der Waals surface area contributed by atoms with Gasteiger partial charge in [-0.15, -0.1) is 0 Å². The molecule has 0 radical (unpaired) electrons. The maximum absolute atomic E-state index is 11.8. The number of carbonyl (C=O) groups excluding carboxylic acids is 2. The molecule has 3 N–H and O–H groups in total. The highest BCUT2D eigenvalue weighted by atomic mass is 16.6. The van der Waals surface area contributed by atoms with E-state index >= 15 is 0 Å². The fourth-order valence-corrected chi connectivity index (χ4v) is 1.61. The van der Waals surface area contributed by atoms with E-state index in [0.717, 1.165) is 11.3 Å². The van der Waals surface area contributed by atoms with Crippen molar-refractivity contribution in [2.75, 3.05) is 7.11 Å². The van der Waals surface area contributed by atoms with Crippen molar-refractivity contribution >= 4 is 12.0 Å². The SMILES string of the molecule is COc1ccc(C[C@H](N)C(=O)NC(=O)OC(C)(C)C)cc1. The molecule has 21 heavy (non-hydrogen) atoms. The standard InChI is InChI=1S/C15H22N2O4/c1-15(2,3)21-14(19)17-13(18)12(16)9-10-5-7-11(20-4)8-6-10/h5-8,12H,9,16H2,1-4H3,(H,17,18,19)/t12-/m0/s1. The number of imide groups is 1. The summed E-state index contributed by atoms with van der Waals surface area (Å²) in [5.74, 6) is 0.158. The topological polar surface area (TPSA) is 90.6 Å². The molecule has 0 spiro atoms. The van der Waals surface area contributed by atoms with E-state index in [1.807, 2.05) is 12.1 Å². The van der Waals surface area contributed by atoms with Crippen molar-refractivity contribution in [3.63, 3.8) is 0 Å². The van der Waals surface area contributed by atoms with Crippen molar-refractivity contribution in [3.05, 3.63) is 29.8 Å². The van der Waals surface area contributed by atoms with Gasteiger partial charge in [-0.3, -0.25) is 10.1 Å². The van der Waals surface area contributed by atoms with Crippen LogP contribution in [0.15, 0.2) is 24.3 Å². The molecule has 0 aliphatic carbocycles. The van der Waals surface area contributed by atoms with Gasteiger partial charge in [0.05, 0.1) is 13.2 Å². The number of nitrogens with two attached hydrogens (primary N) is 1. The van der Waals surface area contributed by atoms with Gasteiger partial charge in [0.15, 0.2) is 0 Å². The normalized spacial score (nSPS) is 12.4. The van der Waals surface area contributed by atoms with E-state index in [4.69, 9.17) is 15.2 Å². The Hall–Kier alpha value is -2.08. The van der Waals surface area contributed by atoms with E-state index in [2.05, 4.69) is 5.32 Å². The first-order valence-corrected chi connectivity index (χ1v) is 6.63. The maximum Gasteiger partial charge on any atom is 0.414 e. The zero-order chi connectivity index (χ0) is 16.0. The first-order valence-electron chi connectivity index (χ1n) is 6.63. The molecule has 1 aromatic carbocycles. The summed E-state index contributed by atoms with van der Waals surface area (Å²) >= 11 is 0. The molecule has 0 bridgehead atoms. The van der Waals surface area contributed by atoms with Gasteiger partial charge in [0, 0.05) is 0 Å². The van der Waals surface area contributed by atoms with Gasteiger partial charge in [-0.25, -0.2) is 4.79 Å². The smallest absolute Gasteiger partial charge is 0.414 e. The van der Waals surface area contributed by atoms with Gasteiger partial charge in [0.25, 0.3) is 0 Å². The molecule has 6 heteroatoms. The van der Waals surface area contributed by atoms with E-state index in [9.17, 15) is 9.59 Å². The lowest BCUT2D eigenvalue weighted by atomic mass is 10.1. The molecule has 0 heterocycles. The Morgan fingerprint density at radius 3 is 2.29 bits per heavy atom. The molecule has 1 rings (SSSR count). The molecule has 0 aliphatic heterocycles. The Morgan fingerprint density at radius 1 is 1.24 bits per heavy atom. The second kappa shape index (κ2) is 7.08. The minimum Gasteiger partial charge on any atom is -0.497 e. The van der Waals surface area contributed by atoms with Gasteiger partial charge in [-0.2, -0.15) is 0 Å². The molecule has 0 unspecified atom stereocenters. The molecule has 0 saturated carbocycles. The second-order valence-corrected chi connectivity index (χ2v) is 5.65. The highest BCUT2D eigenvalue weighted by molar-refractivity contribution is 5.94. The van der Waals surface area contributed by atoms with Crippen LogP contribution in [0.4, 0.5) is 4.79 Å². The fraction of sp³-hybridized carbons (Fsp3) is 0.467. The first kappa shape index (κ1) is 17.0. The average Bonchev–Trinajstić information content (AvgIpc) is 2.37. The van der Waals surface area contributed by atoms with Gasteiger partial charge >= 0.3 is 6.09 Å². The molecule has 0 aliphatic rings. The molecule has 0 fully saturated rings. The Morgan fingerprint density at radius 2 is 1.81 bits per heavy atom. The zero-order valence-electron chi connectivity index (χ0n) is 12.8. The Kier molecular flexibility index (Phi) is 5.72. The predicted molar refractivity (Wildman–Crippen MR) is 79.1 cm³/mol. The van der Waals surface area contributed by atoms with E-state index in [0.29, 0.717) is 6.42 Å². The van der Waals surface area contributed by atoms with Gasteiger partial charge in [-0.1, -0.05) is 12.1 Å². The summed E-state index contributed by atoms with van der Waals surface area (Å²) in [5.41, 5.74) is 6.00. The summed E-state index contributed by atoms with van der Waals surface area (Å²) in [6.45, 7) is 5.15. The van der Waals surface area contributed by atoms with Gasteiger partial charge in [0.1, 0.15) is 11.4 Å². The number of carbonyl (C=O) groups is 2. The van der Waals surface area contributed by atoms with Crippen molar-refractivity contribution in [1.29, 1.82) is 0 Å². The third kappa shape index (κ3) is 6.27. The van der Waals surface area contributed by atoms with Crippen LogP contribution in [-0.2, 0) is 16.0 Å². The van der Waals surface area contributed by atoms with Crippen LogP contribution in [0.5, 0.6) is 5.75 Å². The predicted octanol–water partition coefficient (Wildman–Crippen LogP) is 1.62. The van der Waals surface area contributed by atoms with Crippen LogP contribution in [0.1, 0.15) is 26.3 Å². The highest BCUT2D eigenvalue weighted by Gasteiger charge is 2.21. The molecule has 1 atom stereocenters. The highest BCUT2D eigenvalue weighted by Crippen LogP contribution is 2.12. The van der Waals surface area contributed by atoms with Crippen molar-refractivity contribution in [3.8, 4) is 5.75 Å². The number of hydrogen-bond acceptors (Lipinski definition) is 5. The van der Waals surface area contributed by atoms with Crippen molar-refractivity contribution in [1.82, 2.24) is 5.32 Å². The number of nitrogens with one attached hydrogen (secondary N) is 1. The lowest BCUT2D eigenvalue weighted by Gasteiger charge is -2.20. The summed E-state index contributed by atoms with van der Waals surface area (Å²) in [7, 11) is 1.58. The third-order valence-corrected chi connectivity index (χ3v) is 2.58. The average molecular weight is 294 g/mol. The van der Waals surface area contributed by atoms with Crippen molar-refractivity contribution < 1.29 is 19.1 Å². The van der Waals surface area contributed by atoms with Gasteiger partial charge in [-0.05, 0) is 44.9 Å². The molecule has 6 nitrogen and oxygen atoms in total. The zero-order valence-corrected chi connectivity index (χ0v) is 12.8. The number of amides is 2. The lowest BCUT2D eigenvalue weighted by Crippen LogP contribution is -2.46. The second-order valence-electron chi connectivity index (χ2n) is 5.65. The minimum atomic E-state index is -0.828. The minimum absolute atomic E-state index is 0.318. The monoisotopic (exact) mass is 294 g/mol. The molecular formula is C15H22N2O4. The fourth-order valence-electron chi connectivity index (χ4n) is 1.61. The number of benzene rings is 1. The van der Waals surface area contributed by atoms with E-state index in [1.54, 1.807) is 40.0 Å². The summed E-state index contributed by atoms with van der Waals surface area (Å²) in [6, 6.07) is 6.38. The lowest BCUT2D eigenvalue weighted by molar-refractivity contribution is -0.121. The van der Waals surface area contributed by atoms with Crippen LogP contribution in [0.25, 0.3) is 0 Å². The molecule has 0 saturated heterocycles. The number of hydrogen-bond donors (Lipinski definition) is 2. The number of methoxy groups -OCH3 is 1. The molecule has 2 amide bonds. The number of ether oxygens (including phenoxy) is 2. The summed E-state index contributed by atoms with van der Waals surface area (Å²) < 4.78 is 10.0. The number of alkyl carbamates (subject to hydrolysis) is 1. The molecule has 116 valence electrons. The van der Waals surface area contributed by atoms with Crippen LogP contribution in [0.2, 0.25) is 0 Å². The maximum atomic E-state index is 11.8. The third-order valence-electron chi connectivity index (χ3n) is 2.58. The summed E-state index contributed by atoms with van der Waals surface area (Å²) in [5, 5.41) is 2.13. The van der Waals surface area contributed by atoms with E-state index in [1.165, 1.54) is 0 Å². The van der Waals surface area contributed by atoms with Gasteiger partial charge < -0.3 is 15.2 Å². The summed E-state index contributed by atoms with van der Waals surface area (Å²) in [6.07, 6.45) is -0.476. The first-order chi connectivity index (χ1) is 9.71. The van der Waals surface area contributed by atoms with Gasteiger partial charge in [0.2, 0.25) is 5.91 Å². The van der Waals surface area contributed by atoms with Crippen LogP contribution >= 0.6 is 0 Å². The van der Waals surface area contributed by atoms with Crippen LogP contribution in [0, 0.1) is 0 Å². The Balaban J connectivity index is 2.52. The Bertz CT molecular complexity index is 491. The molecular weight excluding hydrogens is 272 g/mol. The van der Waals surface area contributed by atoms with Crippen molar-refractivity contribution in [2.45, 2.75) is 38.8 Å².